The first-order chi connectivity index (χ1) is 17.1. The first-order valence-electron chi connectivity index (χ1n) is 10.5. The number of aliphatic carboxylic acids is 1. The minimum absolute atomic E-state index is 0.128. The van der Waals surface area contributed by atoms with Crippen LogP contribution in [-0.4, -0.2) is 35.2 Å². The molecule has 0 saturated carbocycles. The molecule has 0 bridgehead atoms. The van der Waals surface area contributed by atoms with E-state index in [0.717, 1.165) is 24.3 Å². The number of fused-ring (bicyclic) bond motifs is 1. The van der Waals surface area contributed by atoms with Crippen LogP contribution in [-0.2, 0) is 27.9 Å². The van der Waals surface area contributed by atoms with Crippen molar-refractivity contribution in [2.45, 2.75) is 24.4 Å². The summed E-state index contributed by atoms with van der Waals surface area (Å²) in [4.78, 5) is 30.6. The summed E-state index contributed by atoms with van der Waals surface area (Å²) in [6.45, 7) is -0.795. The van der Waals surface area contributed by atoms with Gasteiger partial charge in [-0.1, -0.05) is 12.1 Å². The number of alkyl halides is 1. The number of nitrogens with one attached hydrogen (secondary N) is 2. The average molecular weight is 517 g/mol. The number of nitrogens with zero attached hydrogens (tertiary/aromatic N) is 1. The minimum atomic E-state index is -4.33. The predicted molar refractivity (Wildman–Crippen MR) is 124 cm³/mol. The summed E-state index contributed by atoms with van der Waals surface area (Å²) in [6, 6.07) is 7.86. The summed E-state index contributed by atoms with van der Waals surface area (Å²) in [5.41, 5.74) is -0.788. The Morgan fingerprint density at radius 2 is 1.78 bits per heavy atom. The maximum absolute atomic E-state index is 15.3. The van der Waals surface area contributed by atoms with Crippen LogP contribution in [0.15, 0.2) is 59.8 Å². The first kappa shape index (κ1) is 24.9. The van der Waals surface area contributed by atoms with Gasteiger partial charge in [-0.15, -0.1) is 0 Å². The number of carbonyl (C=O) groups excluding carboxylic acids is 1. The predicted octanol–water partition coefficient (Wildman–Crippen LogP) is 4.36. The van der Waals surface area contributed by atoms with E-state index in [1.54, 1.807) is 0 Å². The molecule has 0 amide bonds. The third-order valence-electron chi connectivity index (χ3n) is 5.41. The summed E-state index contributed by atoms with van der Waals surface area (Å²) in [7, 11) is -4.33. The molecule has 0 radical (unpaired) electrons. The molecule has 0 saturated heterocycles. The van der Waals surface area contributed by atoms with Gasteiger partial charge in [-0.2, -0.15) is 0 Å². The summed E-state index contributed by atoms with van der Waals surface area (Å²) in [5.74, 6) is -4.73. The zero-order valence-electron chi connectivity index (χ0n) is 18.4. The zero-order chi connectivity index (χ0) is 26.0. The maximum atomic E-state index is 15.3. The summed E-state index contributed by atoms with van der Waals surface area (Å²) >= 11 is 0. The largest absolute Gasteiger partial charge is 0.481 e. The molecule has 0 spiro atoms. The van der Waals surface area contributed by atoms with Gasteiger partial charge in [-0.05, 0) is 47.9 Å². The molecule has 36 heavy (non-hydrogen) atoms. The number of halogens is 3. The van der Waals surface area contributed by atoms with Crippen LogP contribution in [0.1, 0.15) is 33.5 Å². The molecule has 0 atom stereocenters. The van der Waals surface area contributed by atoms with E-state index >= 15 is 4.39 Å². The van der Waals surface area contributed by atoms with Crippen molar-refractivity contribution in [1.82, 2.24) is 9.97 Å². The van der Waals surface area contributed by atoms with Crippen molar-refractivity contribution < 1.29 is 36.3 Å². The Balaban J connectivity index is 1.70. The average Bonchev–Trinajstić information content (AvgIpc) is 3.28. The lowest BCUT2D eigenvalue weighted by Crippen LogP contribution is -2.16. The third-order valence-corrected chi connectivity index (χ3v) is 6.79. The molecule has 186 valence electrons. The van der Waals surface area contributed by atoms with Crippen molar-refractivity contribution in [3.05, 3.63) is 88.7 Å². The number of pyridine rings is 1. The highest BCUT2D eigenvalue weighted by atomic mass is 32.2. The Kier molecular flexibility index (Phi) is 6.80. The van der Waals surface area contributed by atoms with E-state index in [0.29, 0.717) is 5.56 Å². The van der Waals surface area contributed by atoms with Gasteiger partial charge in [0.05, 0.1) is 16.1 Å². The van der Waals surface area contributed by atoms with Gasteiger partial charge in [0.2, 0.25) is 5.78 Å². The van der Waals surface area contributed by atoms with Crippen LogP contribution in [0.25, 0.3) is 11.0 Å². The molecule has 0 unspecified atom stereocenters. The van der Waals surface area contributed by atoms with Crippen molar-refractivity contribution >= 4 is 38.5 Å². The van der Waals surface area contributed by atoms with Gasteiger partial charge in [-0.25, -0.2) is 26.6 Å². The molecule has 4 aromatic rings. The van der Waals surface area contributed by atoms with Gasteiger partial charge in [0.15, 0.2) is 5.82 Å². The highest BCUT2D eigenvalue weighted by molar-refractivity contribution is 7.92. The lowest BCUT2D eigenvalue weighted by molar-refractivity contribution is -0.136. The summed E-state index contributed by atoms with van der Waals surface area (Å²) in [6.07, 6.45) is 2.59. The Labute approximate surface area is 202 Å². The summed E-state index contributed by atoms with van der Waals surface area (Å²) in [5, 5.41) is 9.10. The van der Waals surface area contributed by atoms with E-state index in [-0.39, 0.29) is 39.9 Å². The van der Waals surface area contributed by atoms with Crippen LogP contribution in [0.4, 0.5) is 18.9 Å². The first-order valence-corrected chi connectivity index (χ1v) is 12.0. The molecule has 0 aliphatic rings. The second kappa shape index (κ2) is 9.82. The van der Waals surface area contributed by atoms with Crippen LogP contribution in [0.3, 0.4) is 0 Å². The van der Waals surface area contributed by atoms with E-state index in [9.17, 15) is 26.8 Å². The number of carboxylic acid groups (broad SMARTS) is 1. The lowest BCUT2D eigenvalue weighted by Gasteiger charge is -2.12. The number of carbonyl (C=O) groups is 2. The lowest BCUT2D eigenvalue weighted by atomic mass is 10.0. The number of hydrogen-bond donors (Lipinski definition) is 3. The van der Waals surface area contributed by atoms with Crippen LogP contribution >= 0.6 is 0 Å². The SMILES string of the molecule is O=C(O)CCc1cnc2[nH]cc(C(=O)c3c(F)ccc(NS(=O)(=O)c4ccc(CF)cc4)c3F)c2c1. The highest BCUT2D eigenvalue weighted by Crippen LogP contribution is 2.28. The molecule has 0 fully saturated rings. The molecule has 8 nitrogen and oxygen atoms in total. The second-order valence-corrected chi connectivity index (χ2v) is 9.51. The number of rotatable bonds is 9. The number of hydrogen-bond acceptors (Lipinski definition) is 5. The number of sulfonamides is 1. The summed E-state index contributed by atoms with van der Waals surface area (Å²) < 4.78 is 70.0. The molecular weight excluding hydrogens is 499 g/mol. The molecular formula is C24H18F3N3O5S. The number of H-pyrrole nitrogens is 1. The Bertz CT molecular complexity index is 1580. The van der Waals surface area contributed by atoms with Gasteiger partial charge in [0.1, 0.15) is 18.1 Å². The van der Waals surface area contributed by atoms with E-state index in [2.05, 4.69) is 9.97 Å². The van der Waals surface area contributed by atoms with Crippen molar-refractivity contribution in [2.24, 2.45) is 0 Å². The van der Waals surface area contributed by atoms with Crippen molar-refractivity contribution in [3.8, 4) is 0 Å². The molecule has 2 aromatic carbocycles. The van der Waals surface area contributed by atoms with Gasteiger partial charge in [-0.3, -0.25) is 14.3 Å². The van der Waals surface area contributed by atoms with Gasteiger partial charge < -0.3 is 10.1 Å². The number of anilines is 1. The van der Waals surface area contributed by atoms with Crippen LogP contribution in [0.2, 0.25) is 0 Å². The number of benzene rings is 2. The normalized spacial score (nSPS) is 11.5. The van der Waals surface area contributed by atoms with Crippen molar-refractivity contribution in [2.75, 3.05) is 4.72 Å². The van der Waals surface area contributed by atoms with Crippen molar-refractivity contribution in [3.63, 3.8) is 0 Å². The molecule has 2 aromatic heterocycles. The topological polar surface area (TPSA) is 129 Å². The maximum Gasteiger partial charge on any atom is 0.303 e. The minimum Gasteiger partial charge on any atom is -0.481 e. The monoisotopic (exact) mass is 517 g/mol. The Morgan fingerprint density at radius 3 is 2.44 bits per heavy atom. The fourth-order valence-corrected chi connectivity index (χ4v) is 4.62. The molecule has 0 aliphatic heterocycles. The Morgan fingerprint density at radius 1 is 1.06 bits per heavy atom. The van der Waals surface area contributed by atoms with Crippen molar-refractivity contribution in [1.29, 1.82) is 0 Å². The molecule has 2 heterocycles. The molecule has 3 N–H and O–H groups in total. The number of aromatic nitrogens is 2. The zero-order valence-corrected chi connectivity index (χ0v) is 19.2. The number of ketones is 1. The Hall–Kier alpha value is -4.19. The van der Waals surface area contributed by atoms with Crippen LogP contribution in [0.5, 0.6) is 0 Å². The number of aromatic amines is 1. The fraction of sp³-hybridized carbons (Fsp3) is 0.125. The van der Waals surface area contributed by atoms with E-state index in [1.165, 1.54) is 30.6 Å². The molecule has 0 aliphatic carbocycles. The van der Waals surface area contributed by atoms with Gasteiger partial charge in [0.25, 0.3) is 10.0 Å². The standard InChI is InChI=1S/C24H18F3N3O5S/c25-10-13-1-4-15(5-2-13)36(34,35)30-19-7-6-18(26)21(22(19)27)23(33)17-12-29-24-16(17)9-14(11-28-24)3-8-20(31)32/h1-2,4-7,9,11-12,30H,3,8,10H2,(H,28,29)(H,31,32). The van der Waals surface area contributed by atoms with Crippen LogP contribution < -0.4 is 4.72 Å². The van der Waals surface area contributed by atoms with Gasteiger partial charge >= 0.3 is 5.97 Å². The number of carboxylic acids is 1. The van der Waals surface area contributed by atoms with E-state index < -0.39 is 51.3 Å². The molecule has 4 rings (SSSR count). The third kappa shape index (κ3) is 4.93. The van der Waals surface area contributed by atoms with E-state index in [1.807, 2.05) is 4.72 Å². The molecule has 12 heteroatoms. The van der Waals surface area contributed by atoms with Crippen LogP contribution in [0, 0.1) is 11.6 Å². The van der Waals surface area contributed by atoms with E-state index in [4.69, 9.17) is 5.11 Å². The highest BCUT2D eigenvalue weighted by Gasteiger charge is 2.26. The fourth-order valence-electron chi connectivity index (χ4n) is 3.56. The quantitative estimate of drug-likeness (QED) is 0.283. The van der Waals surface area contributed by atoms with Gasteiger partial charge in [0, 0.05) is 29.8 Å². The number of aryl methyl sites for hydroxylation is 1. The second-order valence-electron chi connectivity index (χ2n) is 7.83. The smallest absolute Gasteiger partial charge is 0.303 e.